The number of nitrogens with zero attached hydrogens (tertiary/aromatic N) is 2. The van der Waals surface area contributed by atoms with E-state index in [4.69, 9.17) is 19.5 Å². The first-order chi connectivity index (χ1) is 19.8. The minimum Gasteiger partial charge on any atom is -0.395 e. The van der Waals surface area contributed by atoms with Crippen LogP contribution in [0.2, 0.25) is 0 Å². The number of nitrogens with two attached hydrogens (primary N) is 1. The zero-order valence-electron chi connectivity index (χ0n) is 23.6. The fourth-order valence-electron chi connectivity index (χ4n) is 4.56. The SMILES string of the molecule is CC(C)(CO)C(=O)SCCOP(=O)(NCc1ccccc1)OCC1OC(N2C=NC3C(=O)NC(N)NC32)[C@](C)(O)C1O. The summed E-state index contributed by atoms with van der Waals surface area (Å²) in [5.41, 5.74) is 3.89. The van der Waals surface area contributed by atoms with Crippen LogP contribution in [0, 0.1) is 5.41 Å². The fraction of sp³-hybridized carbons (Fsp3) is 0.640. The number of aliphatic hydroxyl groups is 3. The van der Waals surface area contributed by atoms with Crippen LogP contribution < -0.4 is 21.5 Å². The first kappa shape index (κ1) is 33.0. The van der Waals surface area contributed by atoms with Crippen molar-refractivity contribution in [2.75, 3.05) is 25.6 Å². The van der Waals surface area contributed by atoms with E-state index in [1.807, 2.05) is 30.3 Å². The van der Waals surface area contributed by atoms with Gasteiger partial charge in [0.25, 0.3) is 5.91 Å². The van der Waals surface area contributed by atoms with Crippen molar-refractivity contribution >= 4 is 36.9 Å². The largest absolute Gasteiger partial charge is 0.405 e. The molecule has 0 aliphatic carbocycles. The van der Waals surface area contributed by atoms with Gasteiger partial charge in [0.1, 0.15) is 30.3 Å². The minimum absolute atomic E-state index is 0.118. The Bertz CT molecular complexity index is 1190. The molecular formula is C25H39N6O9PS. The maximum Gasteiger partial charge on any atom is 0.405 e. The second-order valence-corrected chi connectivity index (χ2v) is 14.0. The number of carbonyl (C=O) groups is 2. The third-order valence-electron chi connectivity index (χ3n) is 7.18. The number of thioether (sulfide) groups is 1. The topological polar surface area (TPSA) is 217 Å². The van der Waals surface area contributed by atoms with E-state index in [2.05, 4.69) is 20.7 Å². The van der Waals surface area contributed by atoms with Gasteiger partial charge in [0.2, 0.25) is 0 Å². The highest BCUT2D eigenvalue weighted by Crippen LogP contribution is 2.46. The monoisotopic (exact) mass is 630 g/mol. The summed E-state index contributed by atoms with van der Waals surface area (Å²) in [6.07, 6.45) is -3.99. The van der Waals surface area contributed by atoms with Gasteiger partial charge in [-0.3, -0.25) is 34.7 Å². The van der Waals surface area contributed by atoms with Gasteiger partial charge in [0.15, 0.2) is 17.4 Å². The zero-order valence-corrected chi connectivity index (χ0v) is 25.3. The van der Waals surface area contributed by atoms with Gasteiger partial charge in [0, 0.05) is 12.3 Å². The summed E-state index contributed by atoms with van der Waals surface area (Å²) in [5.74, 6) is -0.243. The second kappa shape index (κ2) is 13.4. The Morgan fingerprint density at radius 2 is 2.05 bits per heavy atom. The molecule has 42 heavy (non-hydrogen) atoms. The molecule has 1 amide bonds. The van der Waals surface area contributed by atoms with Crippen molar-refractivity contribution < 1.29 is 43.3 Å². The van der Waals surface area contributed by atoms with Crippen molar-refractivity contribution in [2.45, 2.75) is 69.9 Å². The van der Waals surface area contributed by atoms with Gasteiger partial charge < -0.3 is 30.3 Å². The van der Waals surface area contributed by atoms with Gasteiger partial charge in [-0.2, -0.15) is 0 Å². The summed E-state index contributed by atoms with van der Waals surface area (Å²) in [7, 11) is -4.02. The smallest absolute Gasteiger partial charge is 0.395 e. The molecule has 4 rings (SSSR count). The summed E-state index contributed by atoms with van der Waals surface area (Å²) >= 11 is 0.943. The molecule has 1 aromatic carbocycles. The minimum atomic E-state index is -4.02. The quantitative estimate of drug-likeness (QED) is 0.103. The van der Waals surface area contributed by atoms with E-state index in [9.17, 15) is 29.5 Å². The lowest BCUT2D eigenvalue weighted by molar-refractivity contribution is -0.138. The molecule has 0 saturated carbocycles. The number of benzene rings is 1. The molecule has 0 bridgehead atoms. The lowest BCUT2D eigenvalue weighted by Crippen LogP contribution is -2.71. The summed E-state index contributed by atoms with van der Waals surface area (Å²) in [5, 5.41) is 39.6. The van der Waals surface area contributed by atoms with Crippen molar-refractivity contribution in [3.63, 3.8) is 0 Å². The normalized spacial score (nSPS) is 32.5. The Hall–Kier alpha value is -1.95. The van der Waals surface area contributed by atoms with Crippen LogP contribution in [-0.4, -0.2) is 106 Å². The van der Waals surface area contributed by atoms with E-state index >= 15 is 0 Å². The number of nitrogens with one attached hydrogen (secondary N) is 3. The average Bonchev–Trinajstić information content (AvgIpc) is 3.47. The maximum atomic E-state index is 13.7. The van der Waals surface area contributed by atoms with Gasteiger partial charge in [-0.15, -0.1) is 0 Å². The summed E-state index contributed by atoms with van der Waals surface area (Å²) in [6, 6.07) is 8.30. The Labute approximate surface area is 248 Å². The zero-order chi connectivity index (χ0) is 30.7. The number of carbonyl (C=O) groups excluding carboxylic acids is 2. The molecule has 17 heteroatoms. The highest BCUT2D eigenvalue weighted by Gasteiger charge is 2.58. The van der Waals surface area contributed by atoms with Crippen LogP contribution in [0.3, 0.4) is 0 Å². The molecule has 0 aromatic heterocycles. The van der Waals surface area contributed by atoms with E-state index in [0.717, 1.165) is 17.3 Å². The van der Waals surface area contributed by atoms with Gasteiger partial charge in [-0.05, 0) is 26.3 Å². The molecule has 2 saturated heterocycles. The van der Waals surface area contributed by atoms with Crippen molar-refractivity contribution in [3.05, 3.63) is 35.9 Å². The van der Waals surface area contributed by atoms with Crippen LogP contribution in [0.25, 0.3) is 0 Å². The third kappa shape index (κ3) is 7.39. The number of ether oxygens (including phenoxy) is 1. The lowest BCUT2D eigenvalue weighted by atomic mass is 9.95. The predicted molar refractivity (Wildman–Crippen MR) is 154 cm³/mol. The molecule has 15 nitrogen and oxygen atoms in total. The summed E-state index contributed by atoms with van der Waals surface area (Å²) in [4.78, 5) is 30.3. The number of amides is 1. The number of fused-ring (bicyclic) bond motifs is 1. The molecule has 0 spiro atoms. The molecule has 3 aliphatic heterocycles. The summed E-state index contributed by atoms with van der Waals surface area (Å²) < 4.78 is 31.0. The molecule has 234 valence electrons. The average molecular weight is 631 g/mol. The van der Waals surface area contributed by atoms with Crippen LogP contribution in [0.4, 0.5) is 0 Å². The van der Waals surface area contributed by atoms with Crippen molar-refractivity contribution in [1.82, 2.24) is 20.6 Å². The number of hydrogen-bond donors (Lipinski definition) is 7. The van der Waals surface area contributed by atoms with Crippen LogP contribution in [0.1, 0.15) is 26.3 Å². The molecule has 2 fully saturated rings. The first-order valence-corrected chi connectivity index (χ1v) is 16.0. The number of hydrogen-bond acceptors (Lipinski definition) is 14. The molecule has 3 aliphatic rings. The molecule has 8 atom stereocenters. The molecule has 3 heterocycles. The maximum absolute atomic E-state index is 13.7. The summed E-state index contributed by atoms with van der Waals surface area (Å²) in [6.45, 7) is 3.89. The Morgan fingerprint density at radius 1 is 1.33 bits per heavy atom. The molecule has 0 radical (unpaired) electrons. The highest BCUT2D eigenvalue weighted by atomic mass is 32.2. The van der Waals surface area contributed by atoms with Crippen molar-refractivity contribution in [2.24, 2.45) is 16.1 Å². The molecule has 1 aromatic rings. The van der Waals surface area contributed by atoms with E-state index < -0.39 is 68.2 Å². The number of rotatable bonds is 13. The number of aliphatic imine (C=N–C) groups is 1. The third-order valence-corrected chi connectivity index (χ3v) is 9.92. The van der Waals surface area contributed by atoms with Crippen molar-refractivity contribution in [3.8, 4) is 0 Å². The molecule has 7 unspecified atom stereocenters. The number of aliphatic hydroxyl groups excluding tert-OH is 2. The molecular weight excluding hydrogens is 591 g/mol. The van der Waals surface area contributed by atoms with Crippen molar-refractivity contribution in [1.29, 1.82) is 0 Å². The van der Waals surface area contributed by atoms with E-state index in [1.165, 1.54) is 18.2 Å². The van der Waals surface area contributed by atoms with Crippen LogP contribution in [0.5, 0.6) is 0 Å². The first-order valence-electron chi connectivity index (χ1n) is 13.4. The predicted octanol–water partition coefficient (Wildman–Crippen LogP) is -0.967. The van der Waals surface area contributed by atoms with Crippen LogP contribution >= 0.6 is 19.5 Å². The molecule has 8 N–H and O–H groups in total. The lowest BCUT2D eigenvalue weighted by Gasteiger charge is -2.40. The van der Waals surface area contributed by atoms with Gasteiger partial charge in [0.05, 0.1) is 31.6 Å². The fourth-order valence-corrected chi connectivity index (χ4v) is 6.80. The van der Waals surface area contributed by atoms with E-state index in [1.54, 1.807) is 13.8 Å². The van der Waals surface area contributed by atoms with Gasteiger partial charge in [-0.25, -0.2) is 9.65 Å². The Kier molecular flexibility index (Phi) is 10.5. The van der Waals surface area contributed by atoms with Gasteiger partial charge >= 0.3 is 7.75 Å². The second-order valence-electron chi connectivity index (χ2n) is 11.1. The Balaban J connectivity index is 1.40. The van der Waals surface area contributed by atoms with Crippen LogP contribution in [-0.2, 0) is 34.5 Å². The van der Waals surface area contributed by atoms with E-state index in [0.29, 0.717) is 0 Å². The van der Waals surface area contributed by atoms with Crippen LogP contribution in [0.15, 0.2) is 35.3 Å². The Morgan fingerprint density at radius 3 is 2.74 bits per heavy atom. The highest BCUT2D eigenvalue weighted by molar-refractivity contribution is 8.13. The van der Waals surface area contributed by atoms with Gasteiger partial charge in [-0.1, -0.05) is 42.1 Å². The standard InChI is InChI=1S/C25H39N6O9PS/c1-24(2,13-32)22(35)42-10-9-38-41(37,28-11-15-7-5-4-6-8-15)39-12-16-18(33)25(3,36)21(40-16)31-14-27-17-19(31)29-23(26)30-20(17)34/h4-8,14,16-19,21,23,29,32-33,36H,9-13,26H2,1-3H3,(H,28,37)(H,30,34)/t16?,17?,18?,19?,21?,23?,25-,41?/m1/s1. The van der Waals surface area contributed by atoms with E-state index in [-0.39, 0.29) is 30.6 Å².